The normalized spacial score (nSPS) is 17.3. The van der Waals surface area contributed by atoms with Crippen molar-refractivity contribution in [1.29, 1.82) is 0 Å². The molecule has 0 radical (unpaired) electrons. The first-order valence-corrected chi connectivity index (χ1v) is 8.49. The van der Waals surface area contributed by atoms with Crippen LogP contribution in [0.5, 0.6) is 0 Å². The summed E-state index contributed by atoms with van der Waals surface area (Å²) >= 11 is 0. The average molecular weight is 372 g/mol. The lowest BCUT2D eigenvalue weighted by molar-refractivity contribution is -0.126. The predicted octanol–water partition coefficient (Wildman–Crippen LogP) is 1.28. The molecule has 3 amide bonds. The molecule has 0 bridgehead atoms. The third kappa shape index (κ3) is 3.16. The highest BCUT2D eigenvalue weighted by molar-refractivity contribution is 5.98. The van der Waals surface area contributed by atoms with E-state index in [9.17, 15) is 18.8 Å². The summed E-state index contributed by atoms with van der Waals surface area (Å²) in [5.74, 6) is -0.823. The van der Waals surface area contributed by atoms with Crippen molar-refractivity contribution in [3.05, 3.63) is 41.8 Å². The van der Waals surface area contributed by atoms with Crippen LogP contribution in [0.1, 0.15) is 10.5 Å². The van der Waals surface area contributed by atoms with Crippen molar-refractivity contribution in [3.63, 3.8) is 0 Å². The molecule has 1 aromatic heterocycles. The number of carbonyl (C=O) groups is 3. The van der Waals surface area contributed by atoms with E-state index in [1.54, 1.807) is 30.1 Å². The summed E-state index contributed by atoms with van der Waals surface area (Å²) < 4.78 is 19.2. The fourth-order valence-corrected chi connectivity index (χ4v) is 3.26. The van der Waals surface area contributed by atoms with Gasteiger partial charge in [-0.2, -0.15) is 5.10 Å². The Bertz CT molecular complexity index is 902. The molecular weight excluding hydrogens is 355 g/mol. The lowest BCUT2D eigenvalue weighted by Gasteiger charge is -2.40. The first-order chi connectivity index (χ1) is 12.9. The highest BCUT2D eigenvalue weighted by atomic mass is 19.1. The smallest absolute Gasteiger partial charge is 0.417 e. The Morgan fingerprint density at radius 1 is 1.26 bits per heavy atom. The number of rotatable bonds is 4. The molecular formula is C18H17FN4O4. The van der Waals surface area contributed by atoms with Crippen LogP contribution in [0.15, 0.2) is 30.3 Å². The van der Waals surface area contributed by atoms with Crippen molar-refractivity contribution in [1.82, 2.24) is 19.6 Å². The zero-order valence-corrected chi connectivity index (χ0v) is 14.6. The second-order valence-electron chi connectivity index (χ2n) is 6.68. The van der Waals surface area contributed by atoms with Crippen molar-refractivity contribution in [2.45, 2.75) is 0 Å². The fourth-order valence-electron chi connectivity index (χ4n) is 3.26. The van der Waals surface area contributed by atoms with Crippen molar-refractivity contribution in [2.75, 3.05) is 26.2 Å². The van der Waals surface area contributed by atoms with E-state index in [4.69, 9.17) is 0 Å². The first-order valence-electron chi connectivity index (χ1n) is 8.49. The van der Waals surface area contributed by atoms with E-state index in [0.29, 0.717) is 24.5 Å². The quantitative estimate of drug-likeness (QED) is 0.807. The van der Waals surface area contributed by atoms with Gasteiger partial charge in [0, 0.05) is 38.2 Å². The number of imide groups is 1. The number of benzene rings is 1. The van der Waals surface area contributed by atoms with Crippen LogP contribution in [-0.4, -0.2) is 63.7 Å². The highest BCUT2D eigenvalue weighted by Gasteiger charge is 2.39. The second kappa shape index (κ2) is 6.49. The number of ether oxygens (including phenoxy) is 1. The van der Waals surface area contributed by atoms with E-state index in [2.05, 4.69) is 9.84 Å². The van der Waals surface area contributed by atoms with E-state index >= 15 is 0 Å². The van der Waals surface area contributed by atoms with Gasteiger partial charge in [-0.05, 0) is 30.3 Å². The van der Waals surface area contributed by atoms with Crippen molar-refractivity contribution < 1.29 is 23.5 Å². The van der Waals surface area contributed by atoms with E-state index in [-0.39, 0.29) is 36.7 Å². The van der Waals surface area contributed by atoms with Gasteiger partial charge in [0.2, 0.25) is 0 Å². The number of hydrogen-bond donors (Lipinski definition) is 0. The molecule has 2 fully saturated rings. The molecule has 1 aromatic carbocycles. The predicted molar refractivity (Wildman–Crippen MR) is 91.1 cm³/mol. The number of halogens is 1. The summed E-state index contributed by atoms with van der Waals surface area (Å²) in [4.78, 5) is 38.5. The van der Waals surface area contributed by atoms with Crippen LogP contribution >= 0.6 is 0 Å². The minimum absolute atomic E-state index is 0.0355. The van der Waals surface area contributed by atoms with Gasteiger partial charge in [-0.15, -0.1) is 0 Å². The number of aryl methyl sites for hydroxylation is 1. The molecule has 0 saturated carbocycles. The molecule has 2 aliphatic heterocycles. The molecule has 0 spiro atoms. The minimum atomic E-state index is -0.625. The van der Waals surface area contributed by atoms with Crippen molar-refractivity contribution in [2.24, 2.45) is 13.0 Å². The molecule has 0 N–H and O–H groups in total. The van der Waals surface area contributed by atoms with Crippen LogP contribution in [-0.2, 0) is 16.6 Å². The van der Waals surface area contributed by atoms with Crippen LogP contribution in [0, 0.1) is 11.7 Å². The van der Waals surface area contributed by atoms with E-state index in [0.717, 1.165) is 10.5 Å². The van der Waals surface area contributed by atoms with Gasteiger partial charge in [0.15, 0.2) is 6.61 Å². The molecule has 140 valence electrons. The molecule has 4 rings (SSSR count). The Morgan fingerprint density at radius 3 is 2.59 bits per heavy atom. The lowest BCUT2D eigenvalue weighted by atomic mass is 9.99. The first kappa shape index (κ1) is 17.2. The van der Waals surface area contributed by atoms with Gasteiger partial charge in [0.1, 0.15) is 11.5 Å². The number of aromatic nitrogens is 2. The van der Waals surface area contributed by atoms with Gasteiger partial charge in [0.25, 0.3) is 11.8 Å². The van der Waals surface area contributed by atoms with Gasteiger partial charge in [-0.25, -0.2) is 14.1 Å². The molecule has 2 aliphatic rings. The number of carbonyl (C=O) groups excluding carboxylic acids is 3. The van der Waals surface area contributed by atoms with Crippen LogP contribution < -0.4 is 0 Å². The van der Waals surface area contributed by atoms with Gasteiger partial charge in [-0.3, -0.25) is 14.3 Å². The van der Waals surface area contributed by atoms with Crippen LogP contribution in [0.25, 0.3) is 11.3 Å². The molecule has 0 aliphatic carbocycles. The molecule has 2 saturated heterocycles. The summed E-state index contributed by atoms with van der Waals surface area (Å²) in [5, 5.41) is 4.33. The molecule has 8 nitrogen and oxygen atoms in total. The Hall–Kier alpha value is -3.23. The van der Waals surface area contributed by atoms with E-state index in [1.165, 1.54) is 16.8 Å². The second-order valence-corrected chi connectivity index (χ2v) is 6.68. The van der Waals surface area contributed by atoms with E-state index in [1.807, 2.05) is 0 Å². The molecule has 3 heterocycles. The maximum Gasteiger partial charge on any atom is 0.417 e. The van der Waals surface area contributed by atoms with Crippen LogP contribution in [0.4, 0.5) is 9.18 Å². The Morgan fingerprint density at radius 2 is 1.96 bits per heavy atom. The van der Waals surface area contributed by atoms with Gasteiger partial charge >= 0.3 is 6.09 Å². The van der Waals surface area contributed by atoms with Crippen LogP contribution in [0.2, 0.25) is 0 Å². The topological polar surface area (TPSA) is 84.7 Å². The van der Waals surface area contributed by atoms with Gasteiger partial charge in [0.05, 0.1) is 5.69 Å². The fraction of sp³-hybridized carbons (Fsp3) is 0.333. The number of nitrogens with zero attached hydrogens (tertiary/aromatic N) is 4. The average Bonchev–Trinajstić information content (AvgIpc) is 3.14. The monoisotopic (exact) mass is 372 g/mol. The maximum atomic E-state index is 13.1. The molecule has 0 unspecified atom stereocenters. The molecule has 0 atom stereocenters. The summed E-state index contributed by atoms with van der Waals surface area (Å²) in [5.41, 5.74) is 1.73. The summed E-state index contributed by atoms with van der Waals surface area (Å²) in [6.45, 7) is 0.947. The van der Waals surface area contributed by atoms with Gasteiger partial charge < -0.3 is 9.64 Å². The lowest BCUT2D eigenvalue weighted by Crippen LogP contribution is -2.54. The third-order valence-corrected chi connectivity index (χ3v) is 4.76. The van der Waals surface area contributed by atoms with Crippen molar-refractivity contribution >= 4 is 17.9 Å². The van der Waals surface area contributed by atoms with Crippen molar-refractivity contribution in [3.8, 4) is 11.3 Å². The van der Waals surface area contributed by atoms with E-state index < -0.39 is 6.09 Å². The summed E-state index contributed by atoms with van der Waals surface area (Å²) in [6, 6.07) is 7.58. The van der Waals surface area contributed by atoms with Gasteiger partial charge in [-0.1, -0.05) is 0 Å². The molecule has 27 heavy (non-hydrogen) atoms. The molecule has 9 heteroatoms. The Kier molecular flexibility index (Phi) is 4.14. The Balaban J connectivity index is 1.40. The maximum absolute atomic E-state index is 13.1. The zero-order valence-electron chi connectivity index (χ0n) is 14.6. The SMILES string of the molecule is Cn1nc(-c2ccc(F)cc2)cc1C(=O)N1CC(CN2C(=O)COC2=O)C1. The summed E-state index contributed by atoms with van der Waals surface area (Å²) in [7, 11) is 1.68. The zero-order chi connectivity index (χ0) is 19.1. The Labute approximate surface area is 154 Å². The largest absolute Gasteiger partial charge is 0.439 e. The standard InChI is InChI=1S/C18H17FN4O4/c1-21-15(6-14(20-21)12-2-4-13(19)5-3-12)17(25)22-7-11(8-22)9-23-16(24)10-27-18(23)26/h2-6,11H,7-10H2,1H3. The minimum Gasteiger partial charge on any atom is -0.439 e. The number of amides is 3. The number of likely N-dealkylation sites (tertiary alicyclic amines) is 1. The number of cyclic esters (lactones) is 1. The third-order valence-electron chi connectivity index (χ3n) is 4.76. The molecule has 2 aromatic rings. The number of hydrogen-bond acceptors (Lipinski definition) is 5. The van der Waals surface area contributed by atoms with Crippen LogP contribution in [0.3, 0.4) is 0 Å². The summed E-state index contributed by atoms with van der Waals surface area (Å²) in [6.07, 6.45) is -0.625. The highest BCUT2D eigenvalue weighted by Crippen LogP contribution is 2.24.